The minimum absolute atomic E-state index is 0.193. The van der Waals surface area contributed by atoms with Crippen LogP contribution < -0.4 is 4.74 Å². The standard InChI is InChI=1S/C18H18O4/c1-14(21-18(20)15-8-4-2-5-9-15)12-13-17(19)22-16-10-6-3-7-11-16/h2-11,14H,12-13H2,1H3. The van der Waals surface area contributed by atoms with Gasteiger partial charge in [0.25, 0.3) is 0 Å². The molecule has 22 heavy (non-hydrogen) atoms. The Balaban J connectivity index is 1.74. The minimum atomic E-state index is -0.385. The smallest absolute Gasteiger partial charge is 0.338 e. The van der Waals surface area contributed by atoms with E-state index >= 15 is 0 Å². The molecule has 0 saturated heterocycles. The van der Waals surface area contributed by atoms with Crippen LogP contribution in [0, 0.1) is 0 Å². The number of hydrogen-bond donors (Lipinski definition) is 0. The molecule has 0 heterocycles. The molecule has 4 nitrogen and oxygen atoms in total. The van der Waals surface area contributed by atoms with E-state index in [0.29, 0.717) is 17.7 Å². The van der Waals surface area contributed by atoms with Crippen molar-refractivity contribution >= 4 is 11.9 Å². The second-order valence-corrected chi connectivity index (χ2v) is 4.91. The van der Waals surface area contributed by atoms with Crippen molar-refractivity contribution in [2.24, 2.45) is 0 Å². The second kappa shape index (κ2) is 7.98. The van der Waals surface area contributed by atoms with Crippen molar-refractivity contribution in [3.05, 3.63) is 66.2 Å². The van der Waals surface area contributed by atoms with Crippen LogP contribution in [0.4, 0.5) is 0 Å². The van der Waals surface area contributed by atoms with E-state index in [1.165, 1.54) is 0 Å². The Morgan fingerprint density at radius 2 is 1.55 bits per heavy atom. The van der Waals surface area contributed by atoms with E-state index in [-0.39, 0.29) is 24.5 Å². The minimum Gasteiger partial charge on any atom is -0.459 e. The van der Waals surface area contributed by atoms with Crippen LogP contribution in [0.3, 0.4) is 0 Å². The zero-order chi connectivity index (χ0) is 15.8. The lowest BCUT2D eigenvalue weighted by atomic mass is 10.2. The van der Waals surface area contributed by atoms with E-state index in [1.54, 1.807) is 55.5 Å². The maximum atomic E-state index is 11.9. The van der Waals surface area contributed by atoms with E-state index in [9.17, 15) is 9.59 Å². The monoisotopic (exact) mass is 298 g/mol. The quantitative estimate of drug-likeness (QED) is 0.604. The Hall–Kier alpha value is -2.62. The molecule has 0 spiro atoms. The summed E-state index contributed by atoms with van der Waals surface area (Å²) in [6.07, 6.45) is 0.263. The number of esters is 2. The number of benzene rings is 2. The van der Waals surface area contributed by atoms with Crippen molar-refractivity contribution in [1.29, 1.82) is 0 Å². The second-order valence-electron chi connectivity index (χ2n) is 4.91. The van der Waals surface area contributed by atoms with E-state index in [0.717, 1.165) is 0 Å². The number of carbonyl (C=O) groups excluding carboxylic acids is 2. The third-order valence-electron chi connectivity index (χ3n) is 3.05. The Labute approximate surface area is 129 Å². The highest BCUT2D eigenvalue weighted by molar-refractivity contribution is 5.89. The molecule has 4 heteroatoms. The molecular weight excluding hydrogens is 280 g/mol. The Kier molecular flexibility index (Phi) is 5.72. The van der Waals surface area contributed by atoms with Gasteiger partial charge in [-0.15, -0.1) is 0 Å². The van der Waals surface area contributed by atoms with Crippen molar-refractivity contribution in [1.82, 2.24) is 0 Å². The number of hydrogen-bond acceptors (Lipinski definition) is 4. The van der Waals surface area contributed by atoms with Gasteiger partial charge in [0.15, 0.2) is 0 Å². The summed E-state index contributed by atoms with van der Waals surface area (Å²) in [5.74, 6) is -0.209. The molecule has 1 unspecified atom stereocenters. The van der Waals surface area contributed by atoms with Crippen LogP contribution in [-0.4, -0.2) is 18.0 Å². The molecule has 0 aliphatic heterocycles. The van der Waals surface area contributed by atoms with Crippen LogP contribution >= 0.6 is 0 Å². The first-order valence-corrected chi connectivity index (χ1v) is 7.17. The normalized spacial score (nSPS) is 11.5. The fraction of sp³-hybridized carbons (Fsp3) is 0.222. The molecule has 0 bridgehead atoms. The zero-order valence-corrected chi connectivity index (χ0v) is 12.4. The summed E-state index contributed by atoms with van der Waals surface area (Å²) in [4.78, 5) is 23.6. The molecule has 2 rings (SSSR count). The van der Waals surface area contributed by atoms with E-state index < -0.39 is 0 Å². The SMILES string of the molecule is CC(CCC(=O)Oc1ccccc1)OC(=O)c1ccccc1. The molecule has 2 aromatic rings. The molecule has 0 aliphatic rings. The summed E-state index contributed by atoms with van der Waals surface area (Å²) < 4.78 is 10.5. The molecule has 0 aliphatic carbocycles. The van der Waals surface area contributed by atoms with E-state index in [4.69, 9.17) is 9.47 Å². The van der Waals surface area contributed by atoms with Crippen molar-refractivity contribution < 1.29 is 19.1 Å². The van der Waals surface area contributed by atoms with Gasteiger partial charge in [-0.3, -0.25) is 4.79 Å². The van der Waals surface area contributed by atoms with E-state index in [1.807, 2.05) is 12.1 Å². The Morgan fingerprint density at radius 1 is 0.955 bits per heavy atom. The highest BCUT2D eigenvalue weighted by Crippen LogP contribution is 2.12. The molecule has 0 aromatic heterocycles. The fourth-order valence-electron chi connectivity index (χ4n) is 1.88. The predicted octanol–water partition coefficient (Wildman–Crippen LogP) is 3.62. The van der Waals surface area contributed by atoms with Crippen LogP contribution in [-0.2, 0) is 9.53 Å². The van der Waals surface area contributed by atoms with Crippen LogP contribution in [0.25, 0.3) is 0 Å². The zero-order valence-electron chi connectivity index (χ0n) is 12.4. The summed E-state index contributed by atoms with van der Waals surface area (Å²) in [5.41, 5.74) is 0.501. The summed E-state index contributed by atoms with van der Waals surface area (Å²) in [6, 6.07) is 17.7. The van der Waals surface area contributed by atoms with Gasteiger partial charge in [0, 0.05) is 6.42 Å². The van der Waals surface area contributed by atoms with Crippen LogP contribution in [0.1, 0.15) is 30.1 Å². The number of carbonyl (C=O) groups is 2. The van der Waals surface area contributed by atoms with Gasteiger partial charge in [0.05, 0.1) is 11.7 Å². The number of ether oxygens (including phenoxy) is 2. The van der Waals surface area contributed by atoms with Crippen molar-refractivity contribution in [2.45, 2.75) is 25.9 Å². The molecule has 0 N–H and O–H groups in total. The third kappa shape index (κ3) is 5.05. The number of para-hydroxylation sites is 1. The first-order valence-electron chi connectivity index (χ1n) is 7.17. The maximum Gasteiger partial charge on any atom is 0.338 e. The summed E-state index contributed by atoms with van der Waals surface area (Å²) in [6.45, 7) is 1.76. The molecule has 1 atom stereocenters. The number of rotatable bonds is 6. The molecule has 0 amide bonds. The molecule has 0 saturated carbocycles. The van der Waals surface area contributed by atoms with Gasteiger partial charge in [-0.05, 0) is 37.6 Å². The van der Waals surface area contributed by atoms with Crippen molar-refractivity contribution in [3.8, 4) is 5.75 Å². The summed E-state index contributed by atoms with van der Waals surface area (Å²) in [7, 11) is 0. The molecule has 114 valence electrons. The summed E-state index contributed by atoms with van der Waals surface area (Å²) >= 11 is 0. The lowest BCUT2D eigenvalue weighted by Crippen LogP contribution is -2.18. The molecular formula is C18H18O4. The lowest BCUT2D eigenvalue weighted by molar-refractivity contribution is -0.135. The van der Waals surface area contributed by atoms with Gasteiger partial charge in [-0.1, -0.05) is 36.4 Å². The van der Waals surface area contributed by atoms with E-state index in [2.05, 4.69) is 0 Å². The van der Waals surface area contributed by atoms with Crippen molar-refractivity contribution in [2.75, 3.05) is 0 Å². The predicted molar refractivity (Wildman–Crippen MR) is 82.6 cm³/mol. The molecule has 2 aromatic carbocycles. The van der Waals surface area contributed by atoms with Gasteiger partial charge < -0.3 is 9.47 Å². The highest BCUT2D eigenvalue weighted by atomic mass is 16.5. The van der Waals surface area contributed by atoms with Gasteiger partial charge in [0.1, 0.15) is 5.75 Å². The fourth-order valence-corrected chi connectivity index (χ4v) is 1.88. The highest BCUT2D eigenvalue weighted by Gasteiger charge is 2.14. The average molecular weight is 298 g/mol. The first kappa shape index (κ1) is 15.8. The van der Waals surface area contributed by atoms with Crippen LogP contribution in [0.2, 0.25) is 0 Å². The topological polar surface area (TPSA) is 52.6 Å². The molecule has 0 radical (unpaired) electrons. The Bertz CT molecular complexity index is 607. The van der Waals surface area contributed by atoms with Gasteiger partial charge in [-0.2, -0.15) is 0 Å². The maximum absolute atomic E-state index is 11.9. The van der Waals surface area contributed by atoms with Gasteiger partial charge in [-0.25, -0.2) is 4.79 Å². The molecule has 0 fully saturated rings. The van der Waals surface area contributed by atoms with Crippen LogP contribution in [0.5, 0.6) is 5.75 Å². The third-order valence-corrected chi connectivity index (χ3v) is 3.05. The Morgan fingerprint density at radius 3 is 2.18 bits per heavy atom. The largest absolute Gasteiger partial charge is 0.459 e. The van der Waals surface area contributed by atoms with Gasteiger partial charge in [0.2, 0.25) is 0 Å². The lowest BCUT2D eigenvalue weighted by Gasteiger charge is -2.12. The van der Waals surface area contributed by atoms with Gasteiger partial charge >= 0.3 is 11.9 Å². The first-order chi connectivity index (χ1) is 10.6. The average Bonchev–Trinajstić information content (AvgIpc) is 2.55. The van der Waals surface area contributed by atoms with Crippen molar-refractivity contribution in [3.63, 3.8) is 0 Å². The van der Waals surface area contributed by atoms with Crippen LogP contribution in [0.15, 0.2) is 60.7 Å². The summed E-state index contributed by atoms with van der Waals surface area (Å²) in [5, 5.41) is 0.